The van der Waals surface area contributed by atoms with Gasteiger partial charge in [-0.1, -0.05) is 25.1 Å². The highest BCUT2D eigenvalue weighted by Crippen LogP contribution is 2.27. The maximum absolute atomic E-state index is 12.1. The van der Waals surface area contributed by atoms with Crippen LogP contribution in [-0.2, 0) is 10.0 Å². The van der Waals surface area contributed by atoms with Crippen molar-refractivity contribution in [3.8, 4) is 0 Å². The molecule has 2 aromatic heterocycles. The van der Waals surface area contributed by atoms with E-state index in [9.17, 15) is 8.42 Å². The molecule has 0 aliphatic rings. The second kappa shape index (κ2) is 5.84. The number of para-hydroxylation sites is 1. The normalized spacial score (nSPS) is 13.6. The van der Waals surface area contributed by atoms with Gasteiger partial charge in [-0.05, 0) is 23.6 Å². The molecule has 1 atom stereocenters. The molecular weight excluding hydrogens is 324 g/mol. The SMILES string of the molecule is C[C@@H](CNS(=O)(=O)c1cccs1)c1nc2ccccc2s1. The molecule has 2 heterocycles. The summed E-state index contributed by atoms with van der Waals surface area (Å²) in [4.78, 5) is 4.56. The number of sulfonamides is 1. The zero-order valence-corrected chi connectivity index (χ0v) is 13.8. The molecule has 0 saturated carbocycles. The molecule has 0 bridgehead atoms. The number of fused-ring (bicyclic) bond motifs is 1. The van der Waals surface area contributed by atoms with Crippen LogP contribution in [0.25, 0.3) is 10.2 Å². The molecule has 21 heavy (non-hydrogen) atoms. The molecule has 3 aromatic rings. The van der Waals surface area contributed by atoms with Gasteiger partial charge in [0.15, 0.2) is 0 Å². The van der Waals surface area contributed by atoms with Crippen molar-refractivity contribution < 1.29 is 8.42 Å². The van der Waals surface area contributed by atoms with Gasteiger partial charge in [-0.3, -0.25) is 0 Å². The number of hydrogen-bond donors (Lipinski definition) is 1. The zero-order valence-electron chi connectivity index (χ0n) is 11.3. The first-order valence-corrected chi connectivity index (χ1v) is 9.63. The van der Waals surface area contributed by atoms with Crippen LogP contribution in [0.3, 0.4) is 0 Å². The van der Waals surface area contributed by atoms with Crippen LogP contribution >= 0.6 is 22.7 Å². The Labute approximate surface area is 131 Å². The van der Waals surface area contributed by atoms with Gasteiger partial charge >= 0.3 is 0 Å². The van der Waals surface area contributed by atoms with Crippen LogP contribution in [0.15, 0.2) is 46.0 Å². The number of thiazole rings is 1. The van der Waals surface area contributed by atoms with E-state index in [1.54, 1.807) is 28.8 Å². The third kappa shape index (κ3) is 3.16. The van der Waals surface area contributed by atoms with Crippen molar-refractivity contribution in [1.29, 1.82) is 0 Å². The number of nitrogens with zero attached hydrogens (tertiary/aromatic N) is 1. The minimum absolute atomic E-state index is 0.0390. The number of nitrogens with one attached hydrogen (secondary N) is 1. The summed E-state index contributed by atoms with van der Waals surface area (Å²) >= 11 is 2.83. The zero-order chi connectivity index (χ0) is 14.9. The largest absolute Gasteiger partial charge is 0.250 e. The van der Waals surface area contributed by atoms with Crippen molar-refractivity contribution >= 4 is 42.9 Å². The maximum Gasteiger partial charge on any atom is 0.250 e. The van der Waals surface area contributed by atoms with Crippen molar-refractivity contribution in [2.45, 2.75) is 17.1 Å². The summed E-state index contributed by atoms with van der Waals surface area (Å²) in [5, 5.41) is 2.70. The Morgan fingerprint density at radius 3 is 2.76 bits per heavy atom. The van der Waals surface area contributed by atoms with Crippen molar-refractivity contribution in [1.82, 2.24) is 9.71 Å². The minimum Gasteiger partial charge on any atom is -0.241 e. The smallest absolute Gasteiger partial charge is 0.241 e. The number of rotatable bonds is 5. The minimum atomic E-state index is -3.40. The summed E-state index contributed by atoms with van der Waals surface area (Å²) in [5.74, 6) is 0.0390. The summed E-state index contributed by atoms with van der Waals surface area (Å²) in [6.45, 7) is 2.33. The monoisotopic (exact) mass is 338 g/mol. The van der Waals surface area contributed by atoms with Crippen LogP contribution in [-0.4, -0.2) is 19.9 Å². The van der Waals surface area contributed by atoms with E-state index in [2.05, 4.69) is 9.71 Å². The maximum atomic E-state index is 12.1. The molecule has 0 aliphatic carbocycles. The number of benzene rings is 1. The molecule has 0 aliphatic heterocycles. The molecular formula is C14H14N2O2S3. The Morgan fingerprint density at radius 2 is 2.05 bits per heavy atom. The van der Waals surface area contributed by atoms with Gasteiger partial charge in [0.05, 0.1) is 15.2 Å². The van der Waals surface area contributed by atoms with E-state index >= 15 is 0 Å². The predicted octanol–water partition coefficient (Wildman–Crippen LogP) is 3.44. The van der Waals surface area contributed by atoms with E-state index in [-0.39, 0.29) is 5.92 Å². The Morgan fingerprint density at radius 1 is 1.24 bits per heavy atom. The third-order valence-electron chi connectivity index (χ3n) is 3.07. The van der Waals surface area contributed by atoms with E-state index < -0.39 is 10.0 Å². The molecule has 110 valence electrons. The third-order valence-corrected chi connectivity index (χ3v) is 7.16. The molecule has 1 aromatic carbocycles. The highest BCUT2D eigenvalue weighted by molar-refractivity contribution is 7.91. The van der Waals surface area contributed by atoms with E-state index in [0.717, 1.165) is 15.2 Å². The molecule has 0 spiro atoms. The van der Waals surface area contributed by atoms with Gasteiger partial charge in [0.2, 0.25) is 10.0 Å². The first kappa shape index (κ1) is 14.6. The van der Waals surface area contributed by atoms with E-state index in [4.69, 9.17) is 0 Å². The first-order chi connectivity index (χ1) is 10.1. The second-order valence-corrected chi connectivity index (χ2v) is 8.71. The van der Waals surface area contributed by atoms with Crippen LogP contribution in [0.1, 0.15) is 17.8 Å². The van der Waals surface area contributed by atoms with E-state index in [0.29, 0.717) is 10.8 Å². The lowest BCUT2D eigenvalue weighted by Gasteiger charge is -2.09. The van der Waals surface area contributed by atoms with Crippen LogP contribution in [0.2, 0.25) is 0 Å². The average Bonchev–Trinajstić information content (AvgIpc) is 3.13. The highest BCUT2D eigenvalue weighted by Gasteiger charge is 2.18. The highest BCUT2D eigenvalue weighted by atomic mass is 32.2. The van der Waals surface area contributed by atoms with E-state index in [1.807, 2.05) is 31.2 Å². The molecule has 7 heteroatoms. The fourth-order valence-electron chi connectivity index (χ4n) is 1.91. The van der Waals surface area contributed by atoms with Gasteiger partial charge in [-0.25, -0.2) is 18.1 Å². The molecule has 0 saturated heterocycles. The van der Waals surface area contributed by atoms with Gasteiger partial charge in [0.1, 0.15) is 4.21 Å². The van der Waals surface area contributed by atoms with Crippen LogP contribution in [0.4, 0.5) is 0 Å². The van der Waals surface area contributed by atoms with Crippen molar-refractivity contribution in [2.75, 3.05) is 6.54 Å². The number of thiophene rings is 1. The summed E-state index contributed by atoms with van der Waals surface area (Å²) in [5.41, 5.74) is 0.963. The van der Waals surface area contributed by atoms with Gasteiger partial charge in [-0.2, -0.15) is 0 Å². The van der Waals surface area contributed by atoms with Crippen LogP contribution < -0.4 is 4.72 Å². The average molecular weight is 338 g/mol. The fourth-order valence-corrected chi connectivity index (χ4v) is 5.10. The van der Waals surface area contributed by atoms with Gasteiger partial charge < -0.3 is 0 Å². The Balaban J connectivity index is 1.73. The molecule has 4 nitrogen and oxygen atoms in total. The number of hydrogen-bond acceptors (Lipinski definition) is 5. The quantitative estimate of drug-likeness (QED) is 0.775. The summed E-state index contributed by atoms with van der Waals surface area (Å²) in [6.07, 6.45) is 0. The van der Waals surface area contributed by atoms with Crippen molar-refractivity contribution in [3.05, 3.63) is 46.8 Å². The second-order valence-electron chi connectivity index (χ2n) is 4.70. The van der Waals surface area contributed by atoms with Crippen LogP contribution in [0, 0.1) is 0 Å². The number of aromatic nitrogens is 1. The molecule has 0 unspecified atom stereocenters. The summed E-state index contributed by atoms with van der Waals surface area (Å²) in [7, 11) is -3.40. The fraction of sp³-hybridized carbons (Fsp3) is 0.214. The van der Waals surface area contributed by atoms with E-state index in [1.165, 1.54) is 11.3 Å². The Hall–Kier alpha value is -1.28. The Bertz CT molecular complexity index is 805. The van der Waals surface area contributed by atoms with Crippen molar-refractivity contribution in [2.24, 2.45) is 0 Å². The van der Waals surface area contributed by atoms with Gasteiger partial charge in [0.25, 0.3) is 0 Å². The summed E-state index contributed by atoms with van der Waals surface area (Å²) in [6, 6.07) is 11.3. The standard InChI is InChI=1S/C14H14N2O2S3/c1-10(9-15-21(17,18)13-7-4-8-19-13)14-16-11-5-2-3-6-12(11)20-14/h2-8,10,15H,9H2,1H3/t10-/m0/s1. The molecule has 0 fully saturated rings. The molecule has 0 radical (unpaired) electrons. The van der Waals surface area contributed by atoms with Gasteiger partial charge in [0, 0.05) is 12.5 Å². The summed E-state index contributed by atoms with van der Waals surface area (Å²) < 4.78 is 28.3. The predicted molar refractivity (Wildman–Crippen MR) is 87.5 cm³/mol. The Kier molecular flexibility index (Phi) is 4.08. The first-order valence-electron chi connectivity index (χ1n) is 6.45. The lowest BCUT2D eigenvalue weighted by molar-refractivity contribution is 0.577. The lowest BCUT2D eigenvalue weighted by Crippen LogP contribution is -2.27. The molecule has 3 rings (SSSR count). The van der Waals surface area contributed by atoms with Crippen molar-refractivity contribution in [3.63, 3.8) is 0 Å². The van der Waals surface area contributed by atoms with Gasteiger partial charge in [-0.15, -0.1) is 22.7 Å². The molecule has 1 N–H and O–H groups in total. The topological polar surface area (TPSA) is 59.1 Å². The lowest BCUT2D eigenvalue weighted by atomic mass is 10.2. The van der Waals surface area contributed by atoms with Crippen LogP contribution in [0.5, 0.6) is 0 Å². The molecule has 0 amide bonds.